The van der Waals surface area contributed by atoms with Gasteiger partial charge in [-0.1, -0.05) is 41.7 Å². The molecule has 13 rings (SSSR count). The molecule has 4 saturated carbocycles. The van der Waals surface area contributed by atoms with E-state index in [4.69, 9.17) is 24.3 Å². The lowest BCUT2D eigenvalue weighted by Crippen LogP contribution is -2.54. The van der Waals surface area contributed by atoms with Crippen molar-refractivity contribution in [3.8, 4) is 11.1 Å². The highest BCUT2D eigenvalue weighted by Gasteiger charge is 2.51. The minimum absolute atomic E-state index is 0.0479. The molecule has 5 fully saturated rings. The highest BCUT2D eigenvalue weighted by Crippen LogP contribution is 2.60. The van der Waals surface area contributed by atoms with Gasteiger partial charge in [-0.2, -0.15) is 5.10 Å². The van der Waals surface area contributed by atoms with Crippen molar-refractivity contribution in [2.45, 2.75) is 83.8 Å². The number of benzene rings is 3. The normalized spacial score (nSPS) is 22.1. The van der Waals surface area contributed by atoms with Crippen molar-refractivity contribution in [1.29, 1.82) is 0 Å². The average Bonchev–Trinajstić information content (AvgIpc) is 4.35. The molecule has 6 amide bonds. The highest BCUT2D eigenvalue weighted by molar-refractivity contribution is 7.22. The molecule has 3 aromatic heterocycles. The van der Waals surface area contributed by atoms with Gasteiger partial charge in [0.1, 0.15) is 17.6 Å². The van der Waals surface area contributed by atoms with Gasteiger partial charge in [0.2, 0.25) is 11.8 Å². The molecule has 79 heavy (non-hydrogen) atoms. The maximum absolute atomic E-state index is 14.4. The summed E-state index contributed by atoms with van der Waals surface area (Å²) in [6, 6.07) is 21.5. The lowest BCUT2D eigenvalue weighted by atomic mass is 9.49. The molecular formula is C59H64N10O9S. The zero-order valence-electron chi connectivity index (χ0n) is 44.2. The summed E-state index contributed by atoms with van der Waals surface area (Å²) in [5.41, 5.74) is 7.49. The van der Waals surface area contributed by atoms with Gasteiger partial charge in [0.05, 0.1) is 67.2 Å². The molecule has 0 spiro atoms. The quantitative estimate of drug-likeness (QED) is 0.0414. The average molecular weight is 1090 g/mol. The number of amides is 6. The zero-order valence-corrected chi connectivity index (χ0v) is 45.0. The molecule has 19 nitrogen and oxygen atoms in total. The van der Waals surface area contributed by atoms with Crippen molar-refractivity contribution in [1.82, 2.24) is 35.3 Å². The van der Waals surface area contributed by atoms with Crippen molar-refractivity contribution in [2.75, 3.05) is 74.8 Å². The Bertz CT molecular complexity index is 3310. The third kappa shape index (κ3) is 10.8. The van der Waals surface area contributed by atoms with E-state index in [0.29, 0.717) is 92.5 Å². The number of rotatable bonds is 21. The fourth-order valence-electron chi connectivity index (χ4n) is 13.5. The van der Waals surface area contributed by atoms with E-state index in [1.54, 1.807) is 18.2 Å². The number of anilines is 3. The summed E-state index contributed by atoms with van der Waals surface area (Å²) >= 11 is 1.44. The Hall–Kier alpha value is -7.39. The number of hydrogen-bond donors (Lipinski definition) is 4. The number of nitrogens with zero attached hydrogens (tertiary/aromatic N) is 6. The molecule has 1 atom stereocenters. The van der Waals surface area contributed by atoms with Gasteiger partial charge < -0.3 is 29.7 Å². The largest absolute Gasteiger partial charge is 0.382 e. The number of nitrogens with one attached hydrogen (secondary N) is 4. The molecule has 410 valence electrons. The number of aromatic nitrogens is 4. The van der Waals surface area contributed by atoms with E-state index in [1.807, 2.05) is 54.7 Å². The third-order valence-corrected chi connectivity index (χ3v) is 17.8. The molecule has 4 aliphatic carbocycles. The maximum Gasteiger partial charge on any atom is 0.270 e. The number of thiazole rings is 1. The van der Waals surface area contributed by atoms with Crippen LogP contribution in [0.15, 0.2) is 79.0 Å². The van der Waals surface area contributed by atoms with Gasteiger partial charge in [0.25, 0.3) is 23.6 Å². The van der Waals surface area contributed by atoms with Gasteiger partial charge in [-0.15, -0.1) is 0 Å². The Morgan fingerprint density at radius 3 is 2.25 bits per heavy atom. The van der Waals surface area contributed by atoms with Gasteiger partial charge in [0.15, 0.2) is 5.13 Å². The molecule has 1 unspecified atom stereocenters. The Morgan fingerprint density at radius 1 is 0.759 bits per heavy atom. The summed E-state index contributed by atoms with van der Waals surface area (Å²) in [6.45, 7) is 6.48. The summed E-state index contributed by atoms with van der Waals surface area (Å²) in [5.74, 6) is 0.365. The number of para-hydroxylation sites is 1. The predicted molar refractivity (Wildman–Crippen MR) is 296 cm³/mol. The molecule has 4 N–H and O–H groups in total. The van der Waals surface area contributed by atoms with Crippen LogP contribution in [-0.4, -0.2) is 125 Å². The highest BCUT2D eigenvalue weighted by atomic mass is 32.1. The zero-order chi connectivity index (χ0) is 54.2. The topological polar surface area (TPSA) is 228 Å². The first-order valence-electron chi connectivity index (χ1n) is 27.6. The summed E-state index contributed by atoms with van der Waals surface area (Å²) in [4.78, 5) is 91.8. The second-order valence-electron chi connectivity index (χ2n) is 22.0. The molecule has 20 heteroatoms. The first-order valence-corrected chi connectivity index (χ1v) is 28.5. The van der Waals surface area contributed by atoms with Crippen LogP contribution in [0.25, 0.3) is 21.3 Å². The fourth-order valence-corrected chi connectivity index (χ4v) is 14.4. The van der Waals surface area contributed by atoms with Gasteiger partial charge in [-0.3, -0.25) is 49.0 Å². The lowest BCUT2D eigenvalue weighted by molar-refractivity contribution is -0.136. The number of carbonyl (C=O) groups is 6. The van der Waals surface area contributed by atoms with Crippen LogP contribution >= 0.6 is 11.3 Å². The van der Waals surface area contributed by atoms with Crippen molar-refractivity contribution < 1.29 is 43.0 Å². The Kier molecular flexibility index (Phi) is 14.8. The number of fused-ring (bicyclic) bond motifs is 3. The Balaban J connectivity index is 0.643. The van der Waals surface area contributed by atoms with E-state index < -0.39 is 29.7 Å². The van der Waals surface area contributed by atoms with E-state index >= 15 is 0 Å². The molecule has 1 saturated heterocycles. The number of imide groups is 2. The van der Waals surface area contributed by atoms with E-state index in [-0.39, 0.29) is 54.3 Å². The van der Waals surface area contributed by atoms with Crippen LogP contribution in [0.5, 0.6) is 0 Å². The minimum Gasteiger partial charge on any atom is -0.382 e. The van der Waals surface area contributed by atoms with Crippen molar-refractivity contribution in [3.63, 3.8) is 0 Å². The summed E-state index contributed by atoms with van der Waals surface area (Å²) < 4.78 is 20.5. The summed E-state index contributed by atoms with van der Waals surface area (Å²) in [7, 11) is 0. The number of hydrogen-bond acceptors (Lipinski definition) is 15. The minimum atomic E-state index is -1.04. The monoisotopic (exact) mass is 1090 g/mol. The Labute approximate surface area is 461 Å². The molecule has 3 aromatic carbocycles. The number of piperidine rings is 1. The second kappa shape index (κ2) is 22.4. The van der Waals surface area contributed by atoms with Crippen molar-refractivity contribution in [3.05, 3.63) is 118 Å². The van der Waals surface area contributed by atoms with Crippen LogP contribution in [0.4, 0.5) is 16.6 Å². The predicted octanol–water partition coefficient (Wildman–Crippen LogP) is 7.19. The molecule has 7 aliphatic rings. The van der Waals surface area contributed by atoms with Crippen molar-refractivity contribution in [2.24, 2.45) is 23.2 Å². The number of pyridine rings is 1. The van der Waals surface area contributed by atoms with Gasteiger partial charge >= 0.3 is 0 Å². The SMILES string of the molecule is Cc1c(-c2ccc(N3CCc4cccc(C(=O)Nc5nc6ccccc6s5)c4C3)nc2C(=O)NCCOCCOCCOCCNc2cccc3c2C(=O)N(C2CCC(=O)NC2=O)C3=O)cnn1CC12CC3CC(CC(C3)C1)C2. The van der Waals surface area contributed by atoms with Crippen LogP contribution in [0, 0.1) is 30.1 Å². The van der Waals surface area contributed by atoms with Crippen LogP contribution < -0.4 is 26.2 Å². The van der Waals surface area contributed by atoms with Crippen LogP contribution in [-0.2, 0) is 43.3 Å². The first-order chi connectivity index (χ1) is 38.5. The lowest BCUT2D eigenvalue weighted by Gasteiger charge is -2.56. The van der Waals surface area contributed by atoms with Gasteiger partial charge in [-0.05, 0) is 135 Å². The standard InChI is InChI=1S/C59H64N10O9S/c1-35-43(32-62-68(35)34-59-29-36-26-37(30-59)28-38(27-36)31-59)40-12-14-49(67-19-16-39-6-4-7-41(44(39)33-67)53(71)66-58-63-45-9-2-3-11-48(45)79-58)64-52(40)55(73)61-18-21-77-23-25-78-24-22-76-20-17-60-46-10-5-8-42-51(46)57(75)69(56(42)74)47-13-15-50(70)65-54(47)72/h2-12,14,32,36-38,47,60H,13,15-31,33-34H2,1H3,(H,61,73)(H,63,66,71)(H,65,70,72). The maximum atomic E-state index is 14.4. The van der Waals surface area contributed by atoms with E-state index in [0.717, 1.165) is 61.8 Å². The van der Waals surface area contributed by atoms with Crippen molar-refractivity contribution >= 4 is 73.6 Å². The van der Waals surface area contributed by atoms with E-state index in [9.17, 15) is 28.8 Å². The molecule has 4 bridgehead atoms. The summed E-state index contributed by atoms with van der Waals surface area (Å²) in [5, 5.41) is 17.0. The van der Waals surface area contributed by atoms with E-state index in [1.165, 1.54) is 49.9 Å². The van der Waals surface area contributed by atoms with Gasteiger partial charge in [-0.25, -0.2) is 9.97 Å². The fraction of sp³-hybridized carbons (Fsp3) is 0.441. The summed E-state index contributed by atoms with van der Waals surface area (Å²) in [6.07, 6.45) is 10.7. The van der Waals surface area contributed by atoms with E-state index in [2.05, 4.69) is 48.8 Å². The van der Waals surface area contributed by atoms with Crippen LogP contribution in [0.1, 0.15) is 110 Å². The molecule has 3 aliphatic heterocycles. The molecule has 6 heterocycles. The van der Waals surface area contributed by atoms with Gasteiger partial charge in [0, 0.05) is 67.2 Å². The second-order valence-corrected chi connectivity index (χ2v) is 23.1. The van der Waals surface area contributed by atoms with Crippen LogP contribution in [0.2, 0.25) is 0 Å². The molecular weight excluding hydrogens is 1020 g/mol. The number of ether oxygens (including phenoxy) is 3. The molecule has 0 radical (unpaired) electrons. The smallest absolute Gasteiger partial charge is 0.270 e. The first kappa shape index (κ1) is 52.3. The Morgan fingerprint density at radius 2 is 1.49 bits per heavy atom. The number of carbonyl (C=O) groups excluding carboxylic acids is 6. The van der Waals surface area contributed by atoms with Crippen LogP contribution in [0.3, 0.4) is 0 Å². The third-order valence-electron chi connectivity index (χ3n) is 16.8. The molecule has 6 aromatic rings.